The zero-order chi connectivity index (χ0) is 18.5. The lowest BCUT2D eigenvalue weighted by Crippen LogP contribution is -2.30. The number of carbonyl (C=O) groups is 2. The lowest BCUT2D eigenvalue weighted by molar-refractivity contribution is -0.384. The Hall–Kier alpha value is -3.22. The lowest BCUT2D eigenvalue weighted by atomic mass is 10.1. The van der Waals surface area contributed by atoms with Gasteiger partial charge in [-0.2, -0.15) is 0 Å². The van der Waals surface area contributed by atoms with Gasteiger partial charge in [0, 0.05) is 37.3 Å². The Morgan fingerprint density at radius 2 is 1.96 bits per heavy atom. The number of nitro benzene ring substituents is 1. The van der Waals surface area contributed by atoms with Crippen LogP contribution in [0.5, 0.6) is 0 Å². The predicted molar refractivity (Wildman–Crippen MR) is 96.6 cm³/mol. The highest BCUT2D eigenvalue weighted by Gasteiger charge is 2.34. The first-order valence-corrected chi connectivity index (χ1v) is 8.40. The largest absolute Gasteiger partial charge is 0.342 e. The van der Waals surface area contributed by atoms with E-state index >= 15 is 0 Å². The molecule has 0 spiro atoms. The quantitative estimate of drug-likeness (QED) is 0.638. The summed E-state index contributed by atoms with van der Waals surface area (Å²) in [6.45, 7) is 0.940. The summed E-state index contributed by atoms with van der Waals surface area (Å²) in [7, 11) is 0. The van der Waals surface area contributed by atoms with Gasteiger partial charge in [-0.25, -0.2) is 0 Å². The van der Waals surface area contributed by atoms with Crippen LogP contribution in [0.1, 0.15) is 12.0 Å². The molecule has 0 aliphatic carbocycles. The summed E-state index contributed by atoms with van der Waals surface area (Å²) in [6, 6.07) is 15.6. The van der Waals surface area contributed by atoms with E-state index in [2.05, 4.69) is 5.32 Å². The highest BCUT2D eigenvalue weighted by molar-refractivity contribution is 5.97. The summed E-state index contributed by atoms with van der Waals surface area (Å²) in [5.41, 5.74) is 1.42. The van der Waals surface area contributed by atoms with E-state index in [9.17, 15) is 19.7 Å². The fourth-order valence-corrected chi connectivity index (χ4v) is 3.01. The Morgan fingerprint density at radius 1 is 1.19 bits per heavy atom. The molecule has 1 saturated heterocycles. The second-order valence-corrected chi connectivity index (χ2v) is 6.27. The molecule has 1 atom stereocenters. The third-order valence-electron chi connectivity index (χ3n) is 4.42. The Balaban J connectivity index is 1.56. The number of carbonyl (C=O) groups excluding carboxylic acids is 2. The van der Waals surface area contributed by atoms with Gasteiger partial charge in [0.15, 0.2) is 0 Å². The minimum atomic E-state index is -0.514. The zero-order valence-corrected chi connectivity index (χ0v) is 14.1. The maximum atomic E-state index is 12.4. The molecule has 1 fully saturated rings. The summed E-state index contributed by atoms with van der Waals surface area (Å²) in [5, 5.41) is 13.5. The number of amides is 2. The van der Waals surface area contributed by atoms with Crippen molar-refractivity contribution in [1.82, 2.24) is 4.90 Å². The molecular weight excluding hydrogens is 334 g/mol. The molecule has 1 heterocycles. The van der Waals surface area contributed by atoms with E-state index in [4.69, 9.17) is 0 Å². The van der Waals surface area contributed by atoms with Crippen molar-refractivity contribution in [2.45, 2.75) is 12.8 Å². The van der Waals surface area contributed by atoms with Gasteiger partial charge in [-0.1, -0.05) is 36.4 Å². The molecule has 1 aliphatic rings. The topological polar surface area (TPSA) is 92.5 Å². The molecule has 1 aliphatic heterocycles. The van der Waals surface area contributed by atoms with Gasteiger partial charge in [-0.3, -0.25) is 19.7 Å². The Kier molecular flexibility index (Phi) is 5.26. The molecular formula is C19H19N3O4. The first-order valence-electron chi connectivity index (χ1n) is 8.40. The second-order valence-electron chi connectivity index (χ2n) is 6.27. The molecule has 7 nitrogen and oxygen atoms in total. The van der Waals surface area contributed by atoms with Gasteiger partial charge in [-0.05, 0) is 18.1 Å². The number of nitro groups is 1. The van der Waals surface area contributed by atoms with Gasteiger partial charge in [-0.15, -0.1) is 0 Å². The molecule has 7 heteroatoms. The average molecular weight is 353 g/mol. The van der Waals surface area contributed by atoms with Crippen molar-refractivity contribution >= 4 is 23.2 Å². The molecule has 2 aromatic rings. The van der Waals surface area contributed by atoms with E-state index in [1.54, 1.807) is 11.0 Å². The van der Waals surface area contributed by atoms with E-state index in [0.29, 0.717) is 18.8 Å². The fourth-order valence-electron chi connectivity index (χ4n) is 3.01. The van der Waals surface area contributed by atoms with Gasteiger partial charge in [0.05, 0.1) is 10.8 Å². The standard InChI is InChI=1S/C19H19N3O4/c23-18-11-15(13-21(18)10-9-14-5-2-1-3-6-14)19(24)20-16-7-4-8-17(12-16)22(25)26/h1-8,12,15H,9-11,13H2,(H,20,24). The van der Waals surface area contributed by atoms with Crippen molar-refractivity contribution in [2.24, 2.45) is 5.92 Å². The van der Waals surface area contributed by atoms with Gasteiger partial charge in [0.2, 0.25) is 11.8 Å². The first-order chi connectivity index (χ1) is 12.5. The van der Waals surface area contributed by atoms with Crippen LogP contribution in [0.2, 0.25) is 0 Å². The fraction of sp³-hybridized carbons (Fsp3) is 0.263. The number of nitrogens with zero attached hydrogens (tertiary/aromatic N) is 2. The van der Waals surface area contributed by atoms with Crippen LogP contribution in [-0.2, 0) is 16.0 Å². The SMILES string of the molecule is O=C(Nc1cccc([N+](=O)[O-])c1)C1CC(=O)N(CCc2ccccc2)C1. The number of hydrogen-bond donors (Lipinski definition) is 1. The lowest BCUT2D eigenvalue weighted by Gasteiger charge is -2.16. The van der Waals surface area contributed by atoms with Crippen molar-refractivity contribution in [1.29, 1.82) is 0 Å². The third-order valence-corrected chi connectivity index (χ3v) is 4.42. The minimum absolute atomic E-state index is 0.0416. The van der Waals surface area contributed by atoms with E-state index in [0.717, 1.165) is 12.0 Å². The number of benzene rings is 2. The molecule has 0 radical (unpaired) electrons. The highest BCUT2D eigenvalue weighted by Crippen LogP contribution is 2.22. The molecule has 26 heavy (non-hydrogen) atoms. The number of non-ortho nitro benzene ring substituents is 1. The number of likely N-dealkylation sites (tertiary alicyclic amines) is 1. The van der Waals surface area contributed by atoms with Crippen LogP contribution in [0.3, 0.4) is 0 Å². The molecule has 3 rings (SSSR count). The van der Waals surface area contributed by atoms with Crippen molar-refractivity contribution in [3.05, 3.63) is 70.3 Å². The van der Waals surface area contributed by atoms with Crippen LogP contribution >= 0.6 is 0 Å². The van der Waals surface area contributed by atoms with Gasteiger partial charge >= 0.3 is 0 Å². The van der Waals surface area contributed by atoms with Crippen molar-refractivity contribution in [3.63, 3.8) is 0 Å². The Morgan fingerprint density at radius 3 is 2.69 bits per heavy atom. The van der Waals surface area contributed by atoms with Crippen LogP contribution in [0.4, 0.5) is 11.4 Å². The third kappa shape index (κ3) is 4.24. The Bertz CT molecular complexity index is 823. The summed E-state index contributed by atoms with van der Waals surface area (Å²) >= 11 is 0. The van der Waals surface area contributed by atoms with Crippen molar-refractivity contribution < 1.29 is 14.5 Å². The monoisotopic (exact) mass is 353 g/mol. The second kappa shape index (κ2) is 7.77. The highest BCUT2D eigenvalue weighted by atomic mass is 16.6. The molecule has 2 aromatic carbocycles. The Labute approximate surface area is 150 Å². The van der Waals surface area contributed by atoms with Crippen LogP contribution < -0.4 is 5.32 Å². The molecule has 0 saturated carbocycles. The van der Waals surface area contributed by atoms with E-state index < -0.39 is 10.8 Å². The smallest absolute Gasteiger partial charge is 0.271 e. The van der Waals surface area contributed by atoms with Crippen LogP contribution in [0.25, 0.3) is 0 Å². The van der Waals surface area contributed by atoms with Gasteiger partial charge in [0.25, 0.3) is 5.69 Å². The molecule has 134 valence electrons. The van der Waals surface area contributed by atoms with Crippen LogP contribution in [0.15, 0.2) is 54.6 Å². The number of hydrogen-bond acceptors (Lipinski definition) is 4. The maximum Gasteiger partial charge on any atom is 0.271 e. The normalized spacial score (nSPS) is 16.5. The average Bonchev–Trinajstić information content (AvgIpc) is 3.02. The van der Waals surface area contributed by atoms with Crippen molar-refractivity contribution in [2.75, 3.05) is 18.4 Å². The predicted octanol–water partition coefficient (Wildman–Crippen LogP) is 2.62. The number of nitrogens with one attached hydrogen (secondary N) is 1. The molecule has 0 bridgehead atoms. The molecule has 1 unspecified atom stereocenters. The first kappa shape index (κ1) is 17.6. The molecule has 0 aromatic heterocycles. The molecule has 1 N–H and O–H groups in total. The van der Waals surface area contributed by atoms with Gasteiger partial charge in [0.1, 0.15) is 0 Å². The summed E-state index contributed by atoms with van der Waals surface area (Å²) in [6.07, 6.45) is 0.904. The number of rotatable bonds is 6. The maximum absolute atomic E-state index is 12.4. The van der Waals surface area contributed by atoms with Crippen LogP contribution in [-0.4, -0.2) is 34.7 Å². The molecule has 2 amide bonds. The van der Waals surface area contributed by atoms with Crippen LogP contribution in [0, 0.1) is 16.0 Å². The van der Waals surface area contributed by atoms with E-state index in [-0.39, 0.29) is 23.9 Å². The van der Waals surface area contributed by atoms with Crippen molar-refractivity contribution in [3.8, 4) is 0 Å². The van der Waals surface area contributed by atoms with Gasteiger partial charge < -0.3 is 10.2 Å². The van der Waals surface area contributed by atoms with E-state index in [1.165, 1.54) is 18.2 Å². The minimum Gasteiger partial charge on any atom is -0.342 e. The zero-order valence-electron chi connectivity index (χ0n) is 14.1. The summed E-state index contributed by atoms with van der Waals surface area (Å²) in [4.78, 5) is 36.6. The summed E-state index contributed by atoms with van der Waals surface area (Å²) in [5.74, 6) is -0.779. The van der Waals surface area contributed by atoms with E-state index in [1.807, 2.05) is 30.3 Å². The summed E-state index contributed by atoms with van der Waals surface area (Å²) < 4.78 is 0. The number of anilines is 1.